The lowest BCUT2D eigenvalue weighted by atomic mass is 10.2. The van der Waals surface area contributed by atoms with Gasteiger partial charge in [-0.3, -0.25) is 0 Å². The molecule has 2 rings (SSSR count). The summed E-state index contributed by atoms with van der Waals surface area (Å²) in [7, 11) is 1.41. The van der Waals surface area contributed by atoms with Gasteiger partial charge >= 0.3 is 6.61 Å². The normalized spacial score (nSPS) is 10.5. The van der Waals surface area contributed by atoms with E-state index in [0.717, 1.165) is 4.88 Å². The molecule has 102 valence electrons. The van der Waals surface area contributed by atoms with Crippen LogP contribution in [-0.2, 0) is 6.54 Å². The number of ether oxygens (including phenoxy) is 2. The van der Waals surface area contributed by atoms with Gasteiger partial charge < -0.3 is 14.8 Å². The molecular weight excluding hydrogens is 272 g/mol. The summed E-state index contributed by atoms with van der Waals surface area (Å²) in [6.07, 6.45) is 0. The number of methoxy groups -OCH3 is 1. The van der Waals surface area contributed by atoms with Gasteiger partial charge in [-0.05, 0) is 23.6 Å². The summed E-state index contributed by atoms with van der Waals surface area (Å²) in [4.78, 5) is 1.16. The molecule has 1 heterocycles. The van der Waals surface area contributed by atoms with Crippen LogP contribution in [0.2, 0.25) is 0 Å². The van der Waals surface area contributed by atoms with Crippen molar-refractivity contribution in [2.24, 2.45) is 0 Å². The fraction of sp³-hybridized carbons (Fsp3) is 0.231. The van der Waals surface area contributed by atoms with Gasteiger partial charge in [0.25, 0.3) is 0 Å². The van der Waals surface area contributed by atoms with Crippen LogP contribution in [0.1, 0.15) is 4.88 Å². The van der Waals surface area contributed by atoms with Crippen LogP contribution in [0.15, 0.2) is 35.7 Å². The minimum absolute atomic E-state index is 0.0219. The van der Waals surface area contributed by atoms with Gasteiger partial charge in [-0.1, -0.05) is 6.07 Å². The van der Waals surface area contributed by atoms with E-state index in [0.29, 0.717) is 12.2 Å². The summed E-state index contributed by atoms with van der Waals surface area (Å²) >= 11 is 1.63. The van der Waals surface area contributed by atoms with Gasteiger partial charge in [-0.25, -0.2) is 0 Å². The topological polar surface area (TPSA) is 30.5 Å². The number of thiophene rings is 1. The van der Waals surface area contributed by atoms with E-state index in [1.54, 1.807) is 23.5 Å². The van der Waals surface area contributed by atoms with Crippen LogP contribution in [0.25, 0.3) is 0 Å². The Morgan fingerprint density at radius 1 is 1.26 bits per heavy atom. The molecule has 2 aromatic rings. The van der Waals surface area contributed by atoms with Crippen LogP contribution in [0, 0.1) is 0 Å². The number of anilines is 1. The Hall–Kier alpha value is -1.82. The van der Waals surface area contributed by atoms with Gasteiger partial charge in [0.2, 0.25) is 0 Å². The van der Waals surface area contributed by atoms with Crippen molar-refractivity contribution >= 4 is 17.0 Å². The van der Waals surface area contributed by atoms with Crippen molar-refractivity contribution in [2.45, 2.75) is 13.2 Å². The van der Waals surface area contributed by atoms with E-state index in [4.69, 9.17) is 4.74 Å². The lowest BCUT2D eigenvalue weighted by molar-refractivity contribution is -0.0511. The SMILES string of the molecule is COc1ccc(NCc2cccs2)cc1OC(F)F. The zero-order valence-corrected chi connectivity index (χ0v) is 11.0. The highest BCUT2D eigenvalue weighted by atomic mass is 32.1. The average molecular weight is 285 g/mol. The highest BCUT2D eigenvalue weighted by Gasteiger charge is 2.11. The molecule has 0 spiro atoms. The van der Waals surface area contributed by atoms with Crippen molar-refractivity contribution in [3.63, 3.8) is 0 Å². The molecule has 0 bridgehead atoms. The first-order valence-corrected chi connectivity index (χ1v) is 6.46. The Balaban J connectivity index is 2.08. The third-order valence-electron chi connectivity index (χ3n) is 2.43. The highest BCUT2D eigenvalue weighted by molar-refractivity contribution is 7.09. The maximum atomic E-state index is 12.3. The van der Waals surface area contributed by atoms with E-state index in [2.05, 4.69) is 10.1 Å². The van der Waals surface area contributed by atoms with E-state index in [-0.39, 0.29) is 11.5 Å². The van der Waals surface area contributed by atoms with E-state index >= 15 is 0 Å². The molecule has 0 unspecified atom stereocenters. The lowest BCUT2D eigenvalue weighted by Crippen LogP contribution is -2.04. The smallest absolute Gasteiger partial charge is 0.387 e. The van der Waals surface area contributed by atoms with Gasteiger partial charge in [-0.15, -0.1) is 11.3 Å². The molecular formula is C13H13F2NO2S. The Kier molecular flexibility index (Phi) is 4.57. The minimum atomic E-state index is -2.87. The van der Waals surface area contributed by atoms with Gasteiger partial charge in [0.1, 0.15) is 0 Å². The first-order chi connectivity index (χ1) is 9.19. The predicted octanol–water partition coefficient (Wildman–Crippen LogP) is 3.97. The Morgan fingerprint density at radius 2 is 2.11 bits per heavy atom. The zero-order chi connectivity index (χ0) is 13.7. The molecule has 0 fully saturated rings. The predicted molar refractivity (Wildman–Crippen MR) is 71.3 cm³/mol. The Bertz CT molecular complexity index is 517. The molecule has 0 saturated heterocycles. The summed E-state index contributed by atoms with van der Waals surface area (Å²) in [6.45, 7) is -2.24. The number of rotatable bonds is 6. The van der Waals surface area contributed by atoms with Crippen LogP contribution < -0.4 is 14.8 Å². The second-order valence-electron chi connectivity index (χ2n) is 3.68. The first-order valence-electron chi connectivity index (χ1n) is 5.58. The standard InChI is InChI=1S/C13H13F2NO2S/c1-17-11-5-4-9(7-12(11)18-13(14)15)16-8-10-3-2-6-19-10/h2-7,13,16H,8H2,1H3. The third-order valence-corrected chi connectivity index (χ3v) is 3.30. The summed E-state index contributed by atoms with van der Waals surface area (Å²) in [5.41, 5.74) is 0.699. The summed E-state index contributed by atoms with van der Waals surface area (Å²) in [5, 5.41) is 5.12. The quantitative estimate of drug-likeness (QED) is 0.871. The number of hydrogen-bond acceptors (Lipinski definition) is 4. The van der Waals surface area contributed by atoms with Gasteiger partial charge in [0, 0.05) is 23.2 Å². The second kappa shape index (κ2) is 6.38. The third kappa shape index (κ3) is 3.82. The monoisotopic (exact) mass is 285 g/mol. The van der Waals surface area contributed by atoms with Crippen LogP contribution in [0.5, 0.6) is 11.5 Å². The lowest BCUT2D eigenvalue weighted by Gasteiger charge is -2.12. The van der Waals surface area contributed by atoms with Crippen molar-refractivity contribution in [2.75, 3.05) is 12.4 Å². The maximum Gasteiger partial charge on any atom is 0.387 e. The fourth-order valence-corrected chi connectivity index (χ4v) is 2.22. The van der Waals surface area contributed by atoms with Crippen molar-refractivity contribution in [3.8, 4) is 11.5 Å². The molecule has 0 aliphatic heterocycles. The molecule has 0 atom stereocenters. The Morgan fingerprint density at radius 3 is 2.74 bits per heavy atom. The number of benzene rings is 1. The van der Waals surface area contributed by atoms with Gasteiger partial charge in [0.15, 0.2) is 11.5 Å². The van der Waals surface area contributed by atoms with Crippen molar-refractivity contribution in [1.29, 1.82) is 0 Å². The van der Waals surface area contributed by atoms with E-state index in [1.807, 2.05) is 17.5 Å². The molecule has 1 aromatic carbocycles. The number of halogens is 2. The van der Waals surface area contributed by atoms with E-state index < -0.39 is 6.61 Å². The zero-order valence-electron chi connectivity index (χ0n) is 10.2. The molecule has 6 heteroatoms. The molecule has 0 amide bonds. The van der Waals surface area contributed by atoms with Crippen molar-refractivity contribution in [1.82, 2.24) is 0 Å². The average Bonchev–Trinajstić information content (AvgIpc) is 2.89. The molecule has 19 heavy (non-hydrogen) atoms. The van der Waals surface area contributed by atoms with Gasteiger partial charge in [0.05, 0.1) is 7.11 Å². The first kappa shape index (κ1) is 13.6. The highest BCUT2D eigenvalue weighted by Crippen LogP contribution is 2.31. The van der Waals surface area contributed by atoms with E-state index in [1.165, 1.54) is 13.2 Å². The fourth-order valence-electron chi connectivity index (χ4n) is 1.58. The molecule has 1 aromatic heterocycles. The van der Waals surface area contributed by atoms with E-state index in [9.17, 15) is 8.78 Å². The number of nitrogens with one attached hydrogen (secondary N) is 1. The molecule has 0 aliphatic carbocycles. The minimum Gasteiger partial charge on any atom is -0.493 e. The molecule has 0 radical (unpaired) electrons. The van der Waals surface area contributed by atoms with Crippen LogP contribution in [-0.4, -0.2) is 13.7 Å². The summed E-state index contributed by atoms with van der Waals surface area (Å²) < 4.78 is 33.9. The summed E-state index contributed by atoms with van der Waals surface area (Å²) in [5.74, 6) is 0.302. The van der Waals surface area contributed by atoms with Crippen LogP contribution >= 0.6 is 11.3 Å². The number of alkyl halides is 2. The van der Waals surface area contributed by atoms with Crippen LogP contribution in [0.4, 0.5) is 14.5 Å². The van der Waals surface area contributed by atoms with Crippen molar-refractivity contribution in [3.05, 3.63) is 40.6 Å². The summed E-state index contributed by atoms with van der Waals surface area (Å²) in [6, 6.07) is 8.80. The van der Waals surface area contributed by atoms with Crippen LogP contribution in [0.3, 0.4) is 0 Å². The van der Waals surface area contributed by atoms with Gasteiger partial charge in [-0.2, -0.15) is 8.78 Å². The largest absolute Gasteiger partial charge is 0.493 e. The van der Waals surface area contributed by atoms with Crippen molar-refractivity contribution < 1.29 is 18.3 Å². The molecule has 3 nitrogen and oxygen atoms in total. The molecule has 0 aliphatic rings. The maximum absolute atomic E-state index is 12.3. The Labute approximate surface area is 113 Å². The number of hydrogen-bond donors (Lipinski definition) is 1. The molecule has 1 N–H and O–H groups in total. The molecule has 0 saturated carbocycles. The second-order valence-corrected chi connectivity index (χ2v) is 4.71.